The molecule has 6 heteroatoms. The fraction of sp³-hybridized carbons (Fsp3) is 0.130. The van der Waals surface area contributed by atoms with Crippen LogP contribution in [0.5, 0.6) is 0 Å². The Kier molecular flexibility index (Phi) is 5.09. The first-order valence-electron chi connectivity index (χ1n) is 9.23. The van der Waals surface area contributed by atoms with Gasteiger partial charge in [-0.1, -0.05) is 48.0 Å². The van der Waals surface area contributed by atoms with Gasteiger partial charge >= 0.3 is 0 Å². The lowest BCUT2D eigenvalue weighted by Crippen LogP contribution is -2.40. The van der Waals surface area contributed by atoms with E-state index < -0.39 is 5.60 Å². The number of H-pyrrole nitrogens is 1. The van der Waals surface area contributed by atoms with E-state index in [1.807, 2.05) is 42.6 Å². The molecule has 4 rings (SSSR count). The average molecular weight is 406 g/mol. The van der Waals surface area contributed by atoms with E-state index in [9.17, 15) is 9.90 Å². The molecule has 0 aliphatic heterocycles. The van der Waals surface area contributed by atoms with E-state index in [-0.39, 0.29) is 12.5 Å². The molecule has 5 nitrogen and oxygen atoms in total. The van der Waals surface area contributed by atoms with E-state index >= 15 is 0 Å². The highest BCUT2D eigenvalue weighted by Gasteiger charge is 2.32. The van der Waals surface area contributed by atoms with Gasteiger partial charge in [0.05, 0.1) is 6.54 Å². The number of hydrogen-bond donors (Lipinski definition) is 3. The second kappa shape index (κ2) is 7.70. The number of aromatic amines is 1. The number of aliphatic hydroxyl groups is 1. The summed E-state index contributed by atoms with van der Waals surface area (Å²) < 4.78 is 0. The summed E-state index contributed by atoms with van der Waals surface area (Å²) in [5, 5.41) is 15.9. The van der Waals surface area contributed by atoms with E-state index in [0.717, 1.165) is 22.2 Å². The first-order valence-corrected chi connectivity index (χ1v) is 9.61. The molecule has 2 aromatic heterocycles. The first-order chi connectivity index (χ1) is 14.0. The molecule has 146 valence electrons. The second-order valence-electron chi connectivity index (χ2n) is 6.95. The zero-order valence-electron chi connectivity index (χ0n) is 15.8. The summed E-state index contributed by atoms with van der Waals surface area (Å²) >= 11 is 6.00. The predicted octanol–water partition coefficient (Wildman–Crippen LogP) is 4.26. The number of halogens is 1. The first kappa shape index (κ1) is 19.2. The van der Waals surface area contributed by atoms with Gasteiger partial charge < -0.3 is 15.4 Å². The van der Waals surface area contributed by atoms with Crippen molar-refractivity contribution < 1.29 is 9.90 Å². The lowest BCUT2D eigenvalue weighted by Gasteiger charge is -2.30. The Morgan fingerprint density at radius 2 is 1.72 bits per heavy atom. The molecule has 3 N–H and O–H groups in total. The number of nitrogens with zero attached hydrogens (tertiary/aromatic N) is 1. The van der Waals surface area contributed by atoms with Crippen molar-refractivity contribution in [3.63, 3.8) is 0 Å². The van der Waals surface area contributed by atoms with Crippen molar-refractivity contribution in [2.45, 2.75) is 12.5 Å². The molecule has 0 aliphatic carbocycles. The van der Waals surface area contributed by atoms with Crippen LogP contribution in [-0.4, -0.2) is 27.5 Å². The molecule has 0 bridgehead atoms. The van der Waals surface area contributed by atoms with Gasteiger partial charge in [-0.25, -0.2) is 4.98 Å². The van der Waals surface area contributed by atoms with Crippen LogP contribution in [0, 0.1) is 0 Å². The highest BCUT2D eigenvalue weighted by atomic mass is 35.5. The Labute approximate surface area is 173 Å². The predicted molar refractivity (Wildman–Crippen MR) is 115 cm³/mol. The van der Waals surface area contributed by atoms with Gasteiger partial charge in [0.1, 0.15) is 11.2 Å². The molecule has 0 saturated heterocycles. The summed E-state index contributed by atoms with van der Waals surface area (Å²) in [7, 11) is 0. The monoisotopic (exact) mass is 405 g/mol. The molecule has 1 amide bonds. The average Bonchev–Trinajstić information content (AvgIpc) is 3.21. The maximum atomic E-state index is 11.5. The van der Waals surface area contributed by atoms with Crippen LogP contribution in [0.2, 0.25) is 5.02 Å². The zero-order chi connectivity index (χ0) is 20.4. The summed E-state index contributed by atoms with van der Waals surface area (Å²) in [6.07, 6.45) is 3.63. The number of carbonyl (C=O) groups excluding carboxylic acids is 1. The topological polar surface area (TPSA) is 78.0 Å². The molecule has 0 spiro atoms. The largest absolute Gasteiger partial charge is 0.379 e. The van der Waals surface area contributed by atoms with Crippen LogP contribution in [0.1, 0.15) is 18.1 Å². The van der Waals surface area contributed by atoms with Gasteiger partial charge in [0.2, 0.25) is 5.91 Å². The Morgan fingerprint density at radius 3 is 2.38 bits per heavy atom. The van der Waals surface area contributed by atoms with Gasteiger partial charge in [-0.3, -0.25) is 4.79 Å². The number of aromatic nitrogens is 2. The minimum Gasteiger partial charge on any atom is -0.379 e. The smallest absolute Gasteiger partial charge is 0.216 e. The van der Waals surface area contributed by atoms with Crippen molar-refractivity contribution in [1.29, 1.82) is 0 Å². The third-order valence-electron chi connectivity index (χ3n) is 5.05. The molecule has 29 heavy (non-hydrogen) atoms. The van der Waals surface area contributed by atoms with Crippen molar-refractivity contribution in [3.05, 3.63) is 89.2 Å². The summed E-state index contributed by atoms with van der Waals surface area (Å²) in [5.41, 5.74) is 2.85. The molecule has 0 fully saturated rings. The Balaban J connectivity index is 1.74. The molecule has 1 atom stereocenters. The third-order valence-corrected chi connectivity index (χ3v) is 5.30. The molecule has 0 radical (unpaired) electrons. The second-order valence-corrected chi connectivity index (χ2v) is 7.39. The minimum atomic E-state index is -1.38. The maximum Gasteiger partial charge on any atom is 0.216 e. The number of fused-ring (bicyclic) bond motifs is 1. The highest BCUT2D eigenvalue weighted by Crippen LogP contribution is 2.33. The van der Waals surface area contributed by atoms with E-state index in [0.29, 0.717) is 16.1 Å². The van der Waals surface area contributed by atoms with Gasteiger partial charge in [0, 0.05) is 29.7 Å². The van der Waals surface area contributed by atoms with Crippen molar-refractivity contribution >= 4 is 28.5 Å². The highest BCUT2D eigenvalue weighted by molar-refractivity contribution is 6.30. The maximum absolute atomic E-state index is 11.5. The molecule has 2 aromatic carbocycles. The van der Waals surface area contributed by atoms with Crippen molar-refractivity contribution in [2.24, 2.45) is 0 Å². The van der Waals surface area contributed by atoms with Crippen LogP contribution in [-0.2, 0) is 10.4 Å². The number of amides is 1. The normalized spacial score (nSPS) is 13.2. The SMILES string of the molecule is CC(=O)NCC(O)(c1ccc(Cl)cc1)c1ccc(-c2ccnc3[nH]ccc23)cc1. The summed E-state index contributed by atoms with van der Waals surface area (Å²) in [4.78, 5) is 18.9. The number of pyridine rings is 1. The minimum absolute atomic E-state index is 0.0562. The van der Waals surface area contributed by atoms with Crippen LogP contribution in [0.4, 0.5) is 0 Å². The molecule has 1 unspecified atom stereocenters. The van der Waals surface area contributed by atoms with Gasteiger partial charge in [0.25, 0.3) is 0 Å². The molecular formula is C23H20ClN3O2. The van der Waals surface area contributed by atoms with Crippen molar-refractivity contribution in [1.82, 2.24) is 15.3 Å². The number of rotatable bonds is 5. The lowest BCUT2D eigenvalue weighted by molar-refractivity contribution is -0.119. The van der Waals surface area contributed by atoms with Crippen LogP contribution in [0.15, 0.2) is 73.1 Å². The molecule has 0 aliphatic rings. The van der Waals surface area contributed by atoms with E-state index in [1.165, 1.54) is 6.92 Å². The number of carbonyl (C=O) groups is 1. The van der Waals surface area contributed by atoms with E-state index in [4.69, 9.17) is 11.6 Å². The van der Waals surface area contributed by atoms with Crippen LogP contribution >= 0.6 is 11.6 Å². The molecule has 4 aromatic rings. The van der Waals surface area contributed by atoms with Crippen LogP contribution < -0.4 is 5.32 Å². The number of benzene rings is 2. The van der Waals surface area contributed by atoms with Crippen molar-refractivity contribution in [2.75, 3.05) is 6.54 Å². The van der Waals surface area contributed by atoms with Crippen LogP contribution in [0.3, 0.4) is 0 Å². The van der Waals surface area contributed by atoms with Gasteiger partial charge in [0.15, 0.2) is 0 Å². The van der Waals surface area contributed by atoms with E-state index in [2.05, 4.69) is 15.3 Å². The fourth-order valence-electron chi connectivity index (χ4n) is 3.49. The quantitative estimate of drug-likeness (QED) is 0.464. The zero-order valence-corrected chi connectivity index (χ0v) is 16.6. The molecular weight excluding hydrogens is 386 g/mol. The molecule has 2 heterocycles. The standard InChI is InChI=1S/C23H20ClN3O2/c1-15(28)27-14-23(29,18-6-8-19(24)9-7-18)17-4-2-16(3-5-17)20-10-12-25-22-21(20)11-13-26-22/h2-13,29H,14H2,1H3,(H,25,26)(H,27,28). The van der Waals surface area contributed by atoms with Crippen LogP contribution in [0.25, 0.3) is 22.2 Å². The number of hydrogen-bond acceptors (Lipinski definition) is 3. The van der Waals surface area contributed by atoms with E-state index in [1.54, 1.807) is 30.5 Å². The number of nitrogens with one attached hydrogen (secondary N) is 2. The Morgan fingerprint density at radius 1 is 1.07 bits per heavy atom. The van der Waals surface area contributed by atoms with Gasteiger partial charge in [-0.05, 0) is 46.5 Å². The Bertz CT molecular complexity index is 1150. The Hall–Kier alpha value is -3.15. The van der Waals surface area contributed by atoms with Crippen molar-refractivity contribution in [3.8, 4) is 11.1 Å². The van der Waals surface area contributed by atoms with Gasteiger partial charge in [-0.15, -0.1) is 0 Å². The fourth-order valence-corrected chi connectivity index (χ4v) is 3.61. The summed E-state index contributed by atoms with van der Waals surface area (Å²) in [6.45, 7) is 1.48. The third kappa shape index (κ3) is 3.75. The van der Waals surface area contributed by atoms with Gasteiger partial charge in [-0.2, -0.15) is 0 Å². The summed E-state index contributed by atoms with van der Waals surface area (Å²) in [6, 6.07) is 18.6. The molecule has 0 saturated carbocycles. The lowest BCUT2D eigenvalue weighted by atomic mass is 9.85. The summed E-state index contributed by atoms with van der Waals surface area (Å²) in [5.74, 6) is -0.208.